The second-order valence-electron chi connectivity index (χ2n) is 5.23. The van der Waals surface area contributed by atoms with E-state index in [2.05, 4.69) is 6.92 Å². The van der Waals surface area contributed by atoms with Crippen molar-refractivity contribution in [2.45, 2.75) is 47.0 Å². The fraction of sp³-hybridized carbons (Fsp3) is 0.909. The highest BCUT2D eigenvalue weighted by molar-refractivity contribution is 5.86. The molecule has 12 heavy (non-hydrogen) atoms. The molecule has 0 aliphatic heterocycles. The van der Waals surface area contributed by atoms with Crippen molar-refractivity contribution in [3.8, 4) is 0 Å². The summed E-state index contributed by atoms with van der Waals surface area (Å²) < 4.78 is 0. The molecule has 0 radical (unpaired) electrons. The van der Waals surface area contributed by atoms with Crippen LogP contribution in [0.4, 0.5) is 0 Å². The monoisotopic (exact) mass is 168 g/mol. The summed E-state index contributed by atoms with van der Waals surface area (Å²) in [5.41, 5.74) is -0.130. The van der Waals surface area contributed by atoms with Crippen LogP contribution < -0.4 is 0 Å². The Morgan fingerprint density at radius 2 is 1.83 bits per heavy atom. The number of hydrogen-bond donors (Lipinski definition) is 0. The SMILES string of the molecule is CC1CCC(C(=O)C(C)(C)C)C1. The molecule has 70 valence electrons. The van der Waals surface area contributed by atoms with Gasteiger partial charge in [0.05, 0.1) is 0 Å². The molecule has 0 aromatic carbocycles. The minimum absolute atomic E-state index is 0.130. The van der Waals surface area contributed by atoms with Gasteiger partial charge in [0.1, 0.15) is 5.78 Å². The van der Waals surface area contributed by atoms with Crippen LogP contribution in [0, 0.1) is 17.3 Å². The average Bonchev–Trinajstić information content (AvgIpc) is 2.32. The first-order valence-electron chi connectivity index (χ1n) is 4.95. The lowest BCUT2D eigenvalue weighted by Gasteiger charge is -2.21. The van der Waals surface area contributed by atoms with Gasteiger partial charge < -0.3 is 0 Å². The molecule has 0 aromatic rings. The minimum atomic E-state index is -0.130. The van der Waals surface area contributed by atoms with Gasteiger partial charge in [0, 0.05) is 11.3 Å². The van der Waals surface area contributed by atoms with Gasteiger partial charge in [-0.25, -0.2) is 0 Å². The van der Waals surface area contributed by atoms with Crippen LogP contribution in [-0.2, 0) is 4.79 Å². The fourth-order valence-electron chi connectivity index (χ4n) is 2.06. The Bertz CT molecular complexity index is 176. The van der Waals surface area contributed by atoms with Crippen molar-refractivity contribution in [2.24, 2.45) is 17.3 Å². The highest BCUT2D eigenvalue weighted by atomic mass is 16.1. The summed E-state index contributed by atoms with van der Waals surface area (Å²) in [5.74, 6) is 1.59. The van der Waals surface area contributed by atoms with E-state index in [1.807, 2.05) is 20.8 Å². The van der Waals surface area contributed by atoms with E-state index in [4.69, 9.17) is 0 Å². The summed E-state index contributed by atoms with van der Waals surface area (Å²) in [7, 11) is 0. The number of carbonyl (C=O) groups excluding carboxylic acids is 1. The molecule has 1 aliphatic rings. The first-order chi connectivity index (χ1) is 5.41. The van der Waals surface area contributed by atoms with E-state index in [1.165, 1.54) is 6.42 Å². The van der Waals surface area contributed by atoms with Crippen molar-refractivity contribution in [3.05, 3.63) is 0 Å². The first-order valence-corrected chi connectivity index (χ1v) is 4.95. The largest absolute Gasteiger partial charge is 0.299 e. The second kappa shape index (κ2) is 3.20. The predicted octanol–water partition coefficient (Wildman–Crippen LogP) is 3.04. The van der Waals surface area contributed by atoms with Crippen LogP contribution in [0.25, 0.3) is 0 Å². The quantitative estimate of drug-likeness (QED) is 0.588. The Kier molecular flexibility index (Phi) is 2.60. The maximum Gasteiger partial charge on any atom is 0.141 e. The smallest absolute Gasteiger partial charge is 0.141 e. The fourth-order valence-corrected chi connectivity index (χ4v) is 2.06. The van der Waals surface area contributed by atoms with E-state index in [9.17, 15) is 4.79 Å². The number of ketones is 1. The molecule has 1 rings (SSSR count). The van der Waals surface area contributed by atoms with Crippen molar-refractivity contribution in [1.82, 2.24) is 0 Å². The van der Waals surface area contributed by atoms with E-state index >= 15 is 0 Å². The summed E-state index contributed by atoms with van der Waals surface area (Å²) in [4.78, 5) is 11.8. The molecule has 0 saturated heterocycles. The van der Waals surface area contributed by atoms with Crippen molar-refractivity contribution in [2.75, 3.05) is 0 Å². The molecule has 1 heteroatoms. The van der Waals surface area contributed by atoms with Gasteiger partial charge in [-0.15, -0.1) is 0 Å². The van der Waals surface area contributed by atoms with E-state index in [0.29, 0.717) is 11.7 Å². The summed E-state index contributed by atoms with van der Waals surface area (Å²) >= 11 is 0. The Hall–Kier alpha value is -0.330. The van der Waals surface area contributed by atoms with E-state index in [1.54, 1.807) is 0 Å². The minimum Gasteiger partial charge on any atom is -0.299 e. The van der Waals surface area contributed by atoms with Crippen LogP contribution in [0.15, 0.2) is 0 Å². The van der Waals surface area contributed by atoms with Crippen molar-refractivity contribution in [1.29, 1.82) is 0 Å². The molecular formula is C11H20O. The van der Waals surface area contributed by atoms with E-state index in [-0.39, 0.29) is 5.41 Å². The molecule has 0 N–H and O–H groups in total. The molecular weight excluding hydrogens is 148 g/mol. The molecule has 0 bridgehead atoms. The van der Waals surface area contributed by atoms with E-state index in [0.717, 1.165) is 18.8 Å². The van der Waals surface area contributed by atoms with Crippen molar-refractivity contribution in [3.63, 3.8) is 0 Å². The van der Waals surface area contributed by atoms with Crippen LogP contribution in [0.1, 0.15) is 47.0 Å². The molecule has 1 aliphatic carbocycles. The molecule has 1 fully saturated rings. The van der Waals surface area contributed by atoms with Gasteiger partial charge in [-0.05, 0) is 25.2 Å². The lowest BCUT2D eigenvalue weighted by Crippen LogP contribution is -2.26. The van der Waals surface area contributed by atoms with Crippen molar-refractivity contribution >= 4 is 5.78 Å². The third-order valence-corrected chi connectivity index (χ3v) is 2.80. The predicted molar refractivity (Wildman–Crippen MR) is 51.0 cm³/mol. The molecule has 2 unspecified atom stereocenters. The first kappa shape index (κ1) is 9.76. The van der Waals surface area contributed by atoms with Gasteiger partial charge in [-0.2, -0.15) is 0 Å². The van der Waals surface area contributed by atoms with Gasteiger partial charge in [-0.3, -0.25) is 4.79 Å². The Morgan fingerprint density at radius 3 is 2.17 bits per heavy atom. The maximum atomic E-state index is 11.8. The van der Waals surface area contributed by atoms with Gasteiger partial charge >= 0.3 is 0 Å². The second-order valence-corrected chi connectivity index (χ2v) is 5.23. The van der Waals surface area contributed by atoms with Gasteiger partial charge in [-0.1, -0.05) is 27.7 Å². The summed E-state index contributed by atoms with van der Waals surface area (Å²) in [6, 6.07) is 0. The summed E-state index contributed by atoms with van der Waals surface area (Å²) in [6.07, 6.45) is 3.49. The third-order valence-electron chi connectivity index (χ3n) is 2.80. The molecule has 2 atom stereocenters. The van der Waals surface area contributed by atoms with Crippen LogP contribution >= 0.6 is 0 Å². The van der Waals surface area contributed by atoms with E-state index < -0.39 is 0 Å². The molecule has 0 amide bonds. The van der Waals surface area contributed by atoms with Gasteiger partial charge in [0.25, 0.3) is 0 Å². The number of hydrogen-bond acceptors (Lipinski definition) is 1. The zero-order valence-electron chi connectivity index (χ0n) is 8.68. The van der Waals surface area contributed by atoms with Crippen LogP contribution in [0.5, 0.6) is 0 Å². The Labute approximate surface area is 75.5 Å². The lowest BCUT2D eigenvalue weighted by molar-refractivity contribution is -0.130. The Morgan fingerprint density at radius 1 is 1.25 bits per heavy atom. The summed E-state index contributed by atoms with van der Waals surface area (Å²) in [6.45, 7) is 8.32. The molecule has 0 aromatic heterocycles. The van der Waals surface area contributed by atoms with Crippen LogP contribution in [0.2, 0.25) is 0 Å². The average molecular weight is 168 g/mol. The highest BCUT2D eigenvalue weighted by Gasteiger charge is 2.33. The molecule has 0 heterocycles. The zero-order valence-corrected chi connectivity index (χ0v) is 8.68. The van der Waals surface area contributed by atoms with Crippen molar-refractivity contribution < 1.29 is 4.79 Å². The molecule has 1 saturated carbocycles. The lowest BCUT2D eigenvalue weighted by atomic mass is 9.82. The number of rotatable bonds is 1. The normalized spacial score (nSPS) is 30.7. The molecule has 1 nitrogen and oxygen atoms in total. The third kappa shape index (κ3) is 2.09. The van der Waals surface area contributed by atoms with Crippen LogP contribution in [0.3, 0.4) is 0 Å². The summed E-state index contributed by atoms with van der Waals surface area (Å²) in [5, 5.41) is 0. The maximum absolute atomic E-state index is 11.8. The standard InChI is InChI=1S/C11H20O/c1-8-5-6-9(7-8)10(12)11(2,3)4/h8-9H,5-7H2,1-4H3. The van der Waals surface area contributed by atoms with Gasteiger partial charge in [0.15, 0.2) is 0 Å². The number of carbonyl (C=O) groups is 1. The van der Waals surface area contributed by atoms with Crippen LogP contribution in [-0.4, -0.2) is 5.78 Å². The molecule has 0 spiro atoms. The topological polar surface area (TPSA) is 17.1 Å². The number of Topliss-reactive ketones (excluding diaryl/α,β-unsaturated/α-hetero) is 1. The van der Waals surface area contributed by atoms with Gasteiger partial charge in [0.2, 0.25) is 0 Å². The Balaban J connectivity index is 2.55. The zero-order chi connectivity index (χ0) is 9.35. The highest BCUT2D eigenvalue weighted by Crippen LogP contribution is 2.35.